The Morgan fingerprint density at radius 1 is 0.976 bits per heavy atom. The Bertz CT molecular complexity index is 1450. The molecule has 11 heteroatoms. The highest BCUT2D eigenvalue weighted by molar-refractivity contribution is 7.92. The van der Waals surface area contributed by atoms with Gasteiger partial charge in [-0.3, -0.25) is 13.9 Å². The lowest BCUT2D eigenvalue weighted by atomic mass is 10.1. The van der Waals surface area contributed by atoms with Crippen LogP contribution in [0.2, 0.25) is 10.0 Å². The number of hydrogen-bond donors (Lipinski definition) is 1. The van der Waals surface area contributed by atoms with Crippen molar-refractivity contribution in [2.45, 2.75) is 51.1 Å². The van der Waals surface area contributed by atoms with Crippen LogP contribution in [0, 0.1) is 6.92 Å². The molecule has 0 unspecified atom stereocenters. The Hall–Kier alpha value is -3.27. The van der Waals surface area contributed by atoms with Gasteiger partial charge in [0.05, 0.1) is 17.7 Å². The summed E-state index contributed by atoms with van der Waals surface area (Å²) in [4.78, 5) is 28.6. The van der Waals surface area contributed by atoms with Crippen LogP contribution in [0.25, 0.3) is 0 Å². The molecule has 0 radical (unpaired) electrons. The van der Waals surface area contributed by atoms with Crippen molar-refractivity contribution in [1.82, 2.24) is 10.2 Å². The number of benzene rings is 3. The maximum atomic E-state index is 14.1. The number of methoxy groups -OCH3 is 1. The molecule has 3 rings (SSSR count). The summed E-state index contributed by atoms with van der Waals surface area (Å²) >= 11 is 12.5. The number of ether oxygens (including phenoxy) is 1. The van der Waals surface area contributed by atoms with E-state index in [4.69, 9.17) is 27.9 Å². The first kappa shape index (κ1) is 32.2. The maximum Gasteiger partial charge on any atom is 0.264 e. The van der Waals surface area contributed by atoms with Crippen molar-refractivity contribution in [3.63, 3.8) is 0 Å². The number of halogens is 2. The van der Waals surface area contributed by atoms with Gasteiger partial charge in [0.15, 0.2) is 0 Å². The first-order valence-electron chi connectivity index (χ1n) is 13.3. The van der Waals surface area contributed by atoms with E-state index in [1.165, 1.54) is 24.1 Å². The molecule has 0 aromatic heterocycles. The number of aryl methyl sites for hydroxylation is 1. The lowest BCUT2D eigenvalue weighted by molar-refractivity contribution is -0.140. The maximum absolute atomic E-state index is 14.1. The molecule has 3 aromatic carbocycles. The third-order valence-corrected chi connectivity index (χ3v) is 8.91. The number of nitrogens with zero attached hydrogens (tertiary/aromatic N) is 2. The second-order valence-corrected chi connectivity index (χ2v) is 12.2. The van der Waals surface area contributed by atoms with E-state index in [1.54, 1.807) is 61.5 Å². The van der Waals surface area contributed by atoms with Crippen molar-refractivity contribution in [2.75, 3.05) is 24.5 Å². The molecule has 0 spiro atoms. The zero-order chi connectivity index (χ0) is 30.2. The fourth-order valence-corrected chi connectivity index (χ4v) is 6.12. The van der Waals surface area contributed by atoms with Crippen LogP contribution in [-0.2, 0) is 26.2 Å². The molecule has 8 nitrogen and oxygen atoms in total. The van der Waals surface area contributed by atoms with Gasteiger partial charge in [-0.25, -0.2) is 8.42 Å². The van der Waals surface area contributed by atoms with E-state index in [0.29, 0.717) is 40.0 Å². The Morgan fingerprint density at radius 2 is 1.63 bits per heavy atom. The predicted molar refractivity (Wildman–Crippen MR) is 163 cm³/mol. The van der Waals surface area contributed by atoms with Gasteiger partial charge in [0.2, 0.25) is 11.8 Å². The normalized spacial score (nSPS) is 12.0. The summed E-state index contributed by atoms with van der Waals surface area (Å²) in [5.41, 5.74) is 1.82. The lowest BCUT2D eigenvalue weighted by Gasteiger charge is -2.33. The topological polar surface area (TPSA) is 96.0 Å². The van der Waals surface area contributed by atoms with Crippen molar-refractivity contribution in [2.24, 2.45) is 0 Å². The van der Waals surface area contributed by atoms with Crippen LogP contribution in [0.15, 0.2) is 71.6 Å². The molecule has 0 aliphatic carbocycles. The van der Waals surface area contributed by atoms with Gasteiger partial charge in [0.25, 0.3) is 10.0 Å². The van der Waals surface area contributed by atoms with Crippen molar-refractivity contribution >= 4 is 50.7 Å². The fourth-order valence-electron chi connectivity index (χ4n) is 4.23. The van der Waals surface area contributed by atoms with Crippen LogP contribution >= 0.6 is 23.2 Å². The van der Waals surface area contributed by atoms with Crippen LogP contribution in [0.1, 0.15) is 37.8 Å². The van der Waals surface area contributed by atoms with Gasteiger partial charge in [-0.1, -0.05) is 60.8 Å². The van der Waals surface area contributed by atoms with Crippen molar-refractivity contribution in [1.29, 1.82) is 0 Å². The van der Waals surface area contributed by atoms with Crippen LogP contribution in [0.3, 0.4) is 0 Å². The number of sulfonamides is 1. The van der Waals surface area contributed by atoms with Crippen LogP contribution in [0.5, 0.6) is 5.75 Å². The van der Waals surface area contributed by atoms with Gasteiger partial charge in [-0.15, -0.1) is 0 Å². The Kier molecular flexibility index (Phi) is 11.5. The fraction of sp³-hybridized carbons (Fsp3) is 0.333. The molecule has 0 aliphatic rings. The number of hydrogen-bond acceptors (Lipinski definition) is 5. The minimum atomic E-state index is -4.19. The van der Waals surface area contributed by atoms with Gasteiger partial charge < -0.3 is 15.0 Å². The van der Waals surface area contributed by atoms with Gasteiger partial charge in [0, 0.05) is 23.1 Å². The largest absolute Gasteiger partial charge is 0.497 e. The van der Waals surface area contributed by atoms with E-state index in [9.17, 15) is 18.0 Å². The summed E-state index contributed by atoms with van der Waals surface area (Å²) in [6.45, 7) is 5.50. The Labute approximate surface area is 252 Å². The van der Waals surface area contributed by atoms with Crippen LogP contribution < -0.4 is 14.4 Å². The molecule has 41 heavy (non-hydrogen) atoms. The Morgan fingerprint density at radius 3 is 2.20 bits per heavy atom. The first-order chi connectivity index (χ1) is 19.5. The average molecular weight is 621 g/mol. The summed E-state index contributed by atoms with van der Waals surface area (Å²) in [5, 5.41) is 3.62. The second kappa shape index (κ2) is 14.6. The molecule has 1 atom stereocenters. The number of rotatable bonds is 13. The van der Waals surface area contributed by atoms with Gasteiger partial charge in [-0.2, -0.15) is 0 Å². The zero-order valence-electron chi connectivity index (χ0n) is 23.6. The van der Waals surface area contributed by atoms with E-state index in [2.05, 4.69) is 5.32 Å². The summed E-state index contributed by atoms with van der Waals surface area (Å²) in [5.74, 6) is -0.392. The van der Waals surface area contributed by atoms with Crippen LogP contribution in [-0.4, -0.2) is 51.4 Å². The summed E-state index contributed by atoms with van der Waals surface area (Å²) in [7, 11) is -2.70. The van der Waals surface area contributed by atoms with Crippen LogP contribution in [0.4, 0.5) is 5.69 Å². The van der Waals surface area contributed by atoms with Crippen molar-refractivity contribution < 1.29 is 22.7 Å². The monoisotopic (exact) mass is 619 g/mol. The molecule has 3 aromatic rings. The molecule has 0 heterocycles. The highest BCUT2D eigenvalue weighted by atomic mass is 35.5. The molecule has 0 aliphatic heterocycles. The number of nitrogens with one attached hydrogen (secondary N) is 1. The lowest BCUT2D eigenvalue weighted by Crippen LogP contribution is -2.52. The highest BCUT2D eigenvalue weighted by Crippen LogP contribution is 2.28. The second-order valence-electron chi connectivity index (χ2n) is 9.50. The zero-order valence-corrected chi connectivity index (χ0v) is 25.9. The SMILES string of the molecule is CCCNC(=O)[C@H](CC)N(Cc1ccc(Cl)cc1Cl)C(=O)CN(c1ccc(C)cc1)S(=O)(=O)c1ccc(OC)cc1. The molecule has 1 N–H and O–H groups in total. The molecule has 0 saturated heterocycles. The van der Waals surface area contributed by atoms with E-state index in [0.717, 1.165) is 16.3 Å². The van der Waals surface area contributed by atoms with Gasteiger partial charge in [0.1, 0.15) is 18.3 Å². The standard InChI is InChI=1S/C30H35Cl2N3O5S/c1-5-17-33-30(37)28(6-2)34(19-22-9-10-23(31)18-27(22)32)29(36)20-35(24-11-7-21(3)8-12-24)41(38,39)26-15-13-25(40-4)14-16-26/h7-16,18,28H,5-6,17,19-20H2,1-4H3,(H,33,37)/t28-/m0/s1. The highest BCUT2D eigenvalue weighted by Gasteiger charge is 2.34. The van der Waals surface area contributed by atoms with E-state index in [1.807, 2.05) is 13.8 Å². The smallest absolute Gasteiger partial charge is 0.264 e. The summed E-state index contributed by atoms with van der Waals surface area (Å²) < 4.78 is 34.1. The quantitative estimate of drug-likeness (QED) is 0.259. The molecule has 0 fully saturated rings. The third-order valence-electron chi connectivity index (χ3n) is 6.54. The minimum absolute atomic E-state index is 0.00768. The van der Waals surface area contributed by atoms with E-state index < -0.39 is 28.5 Å². The minimum Gasteiger partial charge on any atom is -0.497 e. The van der Waals surface area contributed by atoms with Crippen molar-refractivity contribution in [3.05, 3.63) is 87.9 Å². The number of amides is 2. The third kappa shape index (κ3) is 8.15. The number of carbonyl (C=O) groups is 2. The first-order valence-corrected chi connectivity index (χ1v) is 15.5. The van der Waals surface area contributed by atoms with E-state index in [-0.39, 0.29) is 17.3 Å². The molecular weight excluding hydrogens is 585 g/mol. The summed E-state index contributed by atoms with van der Waals surface area (Å²) in [6, 6.07) is 16.8. The van der Waals surface area contributed by atoms with Gasteiger partial charge >= 0.3 is 0 Å². The van der Waals surface area contributed by atoms with Crippen molar-refractivity contribution in [3.8, 4) is 5.75 Å². The van der Waals surface area contributed by atoms with E-state index >= 15 is 0 Å². The number of carbonyl (C=O) groups excluding carboxylic acids is 2. The Balaban J connectivity index is 2.07. The molecule has 0 saturated carbocycles. The average Bonchev–Trinajstić information content (AvgIpc) is 2.96. The number of anilines is 1. The molecule has 2 amide bonds. The summed E-state index contributed by atoms with van der Waals surface area (Å²) in [6.07, 6.45) is 1.03. The predicted octanol–water partition coefficient (Wildman–Crippen LogP) is 5.84. The van der Waals surface area contributed by atoms with Gasteiger partial charge in [-0.05, 0) is 73.9 Å². The molecule has 0 bridgehead atoms. The molecular formula is C30H35Cl2N3O5S. The molecule has 220 valence electrons.